The third-order valence-electron chi connectivity index (χ3n) is 3.49. The number of aromatic hydroxyl groups is 1. The van der Waals surface area contributed by atoms with Crippen LogP contribution >= 0.6 is 0 Å². The van der Waals surface area contributed by atoms with E-state index >= 15 is 0 Å². The fourth-order valence-electron chi connectivity index (χ4n) is 2.20. The molecular weight excluding hydrogens is 338 g/mol. The molecule has 0 atom stereocenters. The Morgan fingerprint density at radius 2 is 1.62 bits per heavy atom. The SMILES string of the molecule is CCOC(=O)c1ccccc1NC(=O)COC(=O)c1cccc(C)c1O. The summed E-state index contributed by atoms with van der Waals surface area (Å²) < 4.78 is 9.85. The van der Waals surface area contributed by atoms with E-state index in [-0.39, 0.29) is 29.2 Å². The Labute approximate surface area is 150 Å². The van der Waals surface area contributed by atoms with Gasteiger partial charge in [0.25, 0.3) is 5.91 Å². The molecule has 0 bridgehead atoms. The number of hydrogen-bond donors (Lipinski definition) is 2. The van der Waals surface area contributed by atoms with Crippen LogP contribution < -0.4 is 5.32 Å². The molecule has 7 heteroatoms. The van der Waals surface area contributed by atoms with Crippen LogP contribution in [0.25, 0.3) is 0 Å². The van der Waals surface area contributed by atoms with Gasteiger partial charge >= 0.3 is 11.9 Å². The maximum Gasteiger partial charge on any atom is 0.342 e. The minimum atomic E-state index is -0.819. The lowest BCUT2D eigenvalue weighted by molar-refractivity contribution is -0.119. The molecule has 0 spiro atoms. The van der Waals surface area contributed by atoms with Gasteiger partial charge in [0.1, 0.15) is 11.3 Å². The normalized spacial score (nSPS) is 10.1. The standard InChI is InChI=1S/C19H19NO6/c1-3-25-18(23)13-8-4-5-10-15(13)20-16(21)11-26-19(24)14-9-6-7-12(2)17(14)22/h4-10,22H,3,11H2,1-2H3,(H,20,21). The number of amides is 1. The smallest absolute Gasteiger partial charge is 0.342 e. The van der Waals surface area contributed by atoms with E-state index in [1.807, 2.05) is 0 Å². The lowest BCUT2D eigenvalue weighted by atomic mass is 10.1. The minimum Gasteiger partial charge on any atom is -0.507 e. The lowest BCUT2D eigenvalue weighted by Crippen LogP contribution is -2.22. The van der Waals surface area contributed by atoms with Gasteiger partial charge in [-0.15, -0.1) is 0 Å². The van der Waals surface area contributed by atoms with Gasteiger partial charge in [-0.3, -0.25) is 4.79 Å². The average molecular weight is 357 g/mol. The van der Waals surface area contributed by atoms with E-state index in [4.69, 9.17) is 9.47 Å². The number of para-hydroxylation sites is 2. The van der Waals surface area contributed by atoms with Gasteiger partial charge < -0.3 is 19.9 Å². The highest BCUT2D eigenvalue weighted by Crippen LogP contribution is 2.22. The maximum atomic E-state index is 12.0. The molecule has 2 N–H and O–H groups in total. The summed E-state index contributed by atoms with van der Waals surface area (Å²) in [4.78, 5) is 35.9. The van der Waals surface area contributed by atoms with E-state index in [1.54, 1.807) is 44.2 Å². The van der Waals surface area contributed by atoms with Crippen molar-refractivity contribution >= 4 is 23.5 Å². The molecule has 0 aliphatic heterocycles. The first-order valence-corrected chi connectivity index (χ1v) is 7.95. The largest absolute Gasteiger partial charge is 0.507 e. The monoisotopic (exact) mass is 357 g/mol. The van der Waals surface area contributed by atoms with E-state index in [9.17, 15) is 19.5 Å². The molecule has 0 heterocycles. The van der Waals surface area contributed by atoms with Crippen LogP contribution in [0.2, 0.25) is 0 Å². The summed E-state index contributed by atoms with van der Waals surface area (Å²) in [7, 11) is 0. The predicted molar refractivity (Wildman–Crippen MR) is 94.2 cm³/mol. The third-order valence-corrected chi connectivity index (χ3v) is 3.49. The number of nitrogens with one attached hydrogen (secondary N) is 1. The topological polar surface area (TPSA) is 102 Å². The van der Waals surface area contributed by atoms with Gasteiger partial charge in [-0.25, -0.2) is 9.59 Å². The number of benzene rings is 2. The Morgan fingerprint density at radius 1 is 0.962 bits per heavy atom. The molecule has 0 saturated carbocycles. The molecule has 0 saturated heterocycles. The Morgan fingerprint density at radius 3 is 2.35 bits per heavy atom. The van der Waals surface area contributed by atoms with Crippen molar-refractivity contribution in [2.45, 2.75) is 13.8 Å². The second kappa shape index (κ2) is 8.66. The average Bonchev–Trinajstić information content (AvgIpc) is 2.62. The molecule has 7 nitrogen and oxygen atoms in total. The number of phenolic OH excluding ortho intramolecular Hbond substituents is 1. The van der Waals surface area contributed by atoms with E-state index in [1.165, 1.54) is 12.1 Å². The molecule has 2 rings (SSSR count). The van der Waals surface area contributed by atoms with Gasteiger partial charge in [-0.2, -0.15) is 0 Å². The van der Waals surface area contributed by atoms with Crippen LogP contribution in [0.1, 0.15) is 33.2 Å². The molecule has 0 aliphatic rings. The van der Waals surface area contributed by atoms with Crippen LogP contribution in [-0.2, 0) is 14.3 Å². The molecule has 1 amide bonds. The number of esters is 2. The molecule has 136 valence electrons. The van der Waals surface area contributed by atoms with Crippen LogP contribution in [-0.4, -0.2) is 36.2 Å². The molecule has 2 aromatic carbocycles. The summed E-state index contributed by atoms with van der Waals surface area (Å²) in [5, 5.41) is 12.4. The van der Waals surface area contributed by atoms with Gasteiger partial charge in [-0.05, 0) is 37.6 Å². The Balaban J connectivity index is 2.00. The van der Waals surface area contributed by atoms with E-state index in [0.29, 0.717) is 5.56 Å². The number of hydrogen-bond acceptors (Lipinski definition) is 6. The van der Waals surface area contributed by atoms with Gasteiger partial charge in [0.2, 0.25) is 0 Å². The number of rotatable bonds is 6. The van der Waals surface area contributed by atoms with Crippen molar-refractivity contribution < 1.29 is 29.0 Å². The second-order valence-electron chi connectivity index (χ2n) is 5.36. The molecular formula is C19H19NO6. The van der Waals surface area contributed by atoms with Crippen molar-refractivity contribution in [2.24, 2.45) is 0 Å². The lowest BCUT2D eigenvalue weighted by Gasteiger charge is -2.11. The summed E-state index contributed by atoms with van der Waals surface area (Å²) in [6.07, 6.45) is 0. The zero-order valence-corrected chi connectivity index (χ0v) is 14.4. The number of carbonyl (C=O) groups excluding carboxylic acids is 3. The van der Waals surface area contributed by atoms with Crippen LogP contribution in [0, 0.1) is 6.92 Å². The molecule has 0 aliphatic carbocycles. The summed E-state index contributed by atoms with van der Waals surface area (Å²) >= 11 is 0. The molecule has 0 radical (unpaired) electrons. The highest BCUT2D eigenvalue weighted by atomic mass is 16.5. The second-order valence-corrected chi connectivity index (χ2v) is 5.36. The Kier molecular flexibility index (Phi) is 6.32. The van der Waals surface area contributed by atoms with Gasteiger partial charge in [0.05, 0.1) is 17.9 Å². The number of aryl methyl sites for hydroxylation is 1. The van der Waals surface area contributed by atoms with E-state index in [0.717, 1.165) is 0 Å². The number of ether oxygens (including phenoxy) is 2. The summed E-state index contributed by atoms with van der Waals surface area (Å²) in [5.41, 5.74) is 0.952. The first-order chi connectivity index (χ1) is 12.4. The third kappa shape index (κ3) is 4.60. The van der Waals surface area contributed by atoms with Crippen LogP contribution in [0.3, 0.4) is 0 Å². The van der Waals surface area contributed by atoms with Gasteiger partial charge in [0.15, 0.2) is 6.61 Å². The maximum absolute atomic E-state index is 12.0. The molecule has 26 heavy (non-hydrogen) atoms. The highest BCUT2D eigenvalue weighted by molar-refractivity contribution is 6.02. The van der Waals surface area contributed by atoms with E-state index < -0.39 is 24.5 Å². The van der Waals surface area contributed by atoms with Gasteiger partial charge in [0, 0.05) is 0 Å². The van der Waals surface area contributed by atoms with Crippen molar-refractivity contribution in [2.75, 3.05) is 18.5 Å². The summed E-state index contributed by atoms with van der Waals surface area (Å²) in [6, 6.07) is 11.0. The van der Waals surface area contributed by atoms with Crippen LogP contribution in [0.5, 0.6) is 5.75 Å². The first kappa shape index (κ1) is 19.0. The number of anilines is 1. The minimum absolute atomic E-state index is 0.0234. The van der Waals surface area contributed by atoms with Crippen LogP contribution in [0.15, 0.2) is 42.5 Å². The van der Waals surface area contributed by atoms with Crippen LogP contribution in [0.4, 0.5) is 5.69 Å². The number of carbonyl (C=O) groups is 3. The molecule has 0 unspecified atom stereocenters. The van der Waals surface area contributed by atoms with E-state index in [2.05, 4.69) is 5.32 Å². The molecule has 0 fully saturated rings. The zero-order chi connectivity index (χ0) is 19.1. The Bertz CT molecular complexity index is 831. The van der Waals surface area contributed by atoms with Crippen molar-refractivity contribution in [3.63, 3.8) is 0 Å². The van der Waals surface area contributed by atoms with Crippen molar-refractivity contribution in [1.29, 1.82) is 0 Å². The first-order valence-electron chi connectivity index (χ1n) is 7.95. The molecule has 2 aromatic rings. The van der Waals surface area contributed by atoms with Gasteiger partial charge in [-0.1, -0.05) is 24.3 Å². The Hall–Kier alpha value is -3.35. The summed E-state index contributed by atoms with van der Waals surface area (Å²) in [5.74, 6) is -2.20. The summed E-state index contributed by atoms with van der Waals surface area (Å²) in [6.45, 7) is 2.96. The zero-order valence-electron chi connectivity index (χ0n) is 14.4. The quantitative estimate of drug-likeness (QED) is 0.771. The fraction of sp³-hybridized carbons (Fsp3) is 0.211. The highest BCUT2D eigenvalue weighted by Gasteiger charge is 2.17. The van der Waals surface area contributed by atoms with Crippen molar-refractivity contribution in [1.82, 2.24) is 0 Å². The van der Waals surface area contributed by atoms with Crippen molar-refractivity contribution in [3.8, 4) is 5.75 Å². The number of phenols is 1. The fourth-order valence-corrected chi connectivity index (χ4v) is 2.20. The van der Waals surface area contributed by atoms with Crippen molar-refractivity contribution in [3.05, 3.63) is 59.2 Å². The predicted octanol–water partition coefficient (Wildman–Crippen LogP) is 2.67. The molecule has 0 aromatic heterocycles.